The van der Waals surface area contributed by atoms with E-state index in [1.165, 1.54) is 31.2 Å². The molecule has 0 amide bonds. The van der Waals surface area contributed by atoms with Gasteiger partial charge in [0, 0.05) is 10.6 Å². The van der Waals surface area contributed by atoms with E-state index < -0.39 is 18.7 Å². The molecule has 2 aromatic carbocycles. The zero-order valence-corrected chi connectivity index (χ0v) is 14.0. The highest BCUT2D eigenvalue weighted by atomic mass is 35.5. The number of benzene rings is 2. The van der Waals surface area contributed by atoms with Crippen molar-refractivity contribution in [3.05, 3.63) is 64.7 Å². The van der Waals surface area contributed by atoms with E-state index in [2.05, 4.69) is 4.74 Å². The summed E-state index contributed by atoms with van der Waals surface area (Å²) >= 11 is 5.76. The van der Waals surface area contributed by atoms with Gasteiger partial charge in [-0.1, -0.05) is 23.7 Å². The van der Waals surface area contributed by atoms with Crippen LogP contribution in [0.4, 0.5) is 8.78 Å². The number of rotatable bonds is 7. The fraction of sp³-hybridized carbons (Fsp3) is 0.222. The van der Waals surface area contributed by atoms with E-state index >= 15 is 0 Å². The SMILES string of the molecule is CC(OC(=O)Cc1ccc(OC(F)F)cc1)C(=O)c1ccc(Cl)cc1. The Morgan fingerprint density at radius 3 is 2.20 bits per heavy atom. The van der Waals surface area contributed by atoms with Crippen molar-refractivity contribution < 1.29 is 27.8 Å². The van der Waals surface area contributed by atoms with Gasteiger partial charge in [0.1, 0.15) is 5.75 Å². The van der Waals surface area contributed by atoms with Gasteiger partial charge in [-0.2, -0.15) is 8.78 Å². The highest BCUT2D eigenvalue weighted by Gasteiger charge is 2.19. The lowest BCUT2D eigenvalue weighted by Gasteiger charge is -2.12. The van der Waals surface area contributed by atoms with Crippen LogP contribution in [0, 0.1) is 0 Å². The molecule has 4 nitrogen and oxygen atoms in total. The van der Waals surface area contributed by atoms with Crippen LogP contribution in [0.2, 0.25) is 5.02 Å². The van der Waals surface area contributed by atoms with Gasteiger partial charge in [-0.25, -0.2) is 0 Å². The van der Waals surface area contributed by atoms with Crippen molar-refractivity contribution in [1.29, 1.82) is 0 Å². The van der Waals surface area contributed by atoms with Crippen molar-refractivity contribution in [2.24, 2.45) is 0 Å². The van der Waals surface area contributed by atoms with Crippen LogP contribution >= 0.6 is 11.6 Å². The zero-order valence-electron chi connectivity index (χ0n) is 13.2. The van der Waals surface area contributed by atoms with Gasteiger partial charge in [0.15, 0.2) is 6.10 Å². The largest absolute Gasteiger partial charge is 0.454 e. The number of ether oxygens (including phenoxy) is 2. The number of carbonyl (C=O) groups is 2. The maximum atomic E-state index is 12.2. The first-order valence-electron chi connectivity index (χ1n) is 7.38. The first-order valence-corrected chi connectivity index (χ1v) is 7.76. The van der Waals surface area contributed by atoms with Crippen LogP contribution in [0.5, 0.6) is 5.75 Å². The summed E-state index contributed by atoms with van der Waals surface area (Å²) in [6.45, 7) is -1.43. The van der Waals surface area contributed by atoms with E-state index in [0.717, 1.165) is 0 Å². The predicted octanol–water partition coefficient (Wildman–Crippen LogP) is 4.30. The molecule has 0 N–H and O–H groups in total. The third kappa shape index (κ3) is 5.83. The standard InChI is InChI=1S/C18H15ClF2O4/c1-11(17(23)13-4-6-14(19)7-5-13)24-16(22)10-12-2-8-15(9-3-12)25-18(20)21/h2-9,11,18H,10H2,1H3. The molecule has 0 aliphatic carbocycles. The maximum Gasteiger partial charge on any atom is 0.387 e. The molecule has 7 heteroatoms. The Bertz CT molecular complexity index is 730. The van der Waals surface area contributed by atoms with Gasteiger partial charge >= 0.3 is 12.6 Å². The summed E-state index contributed by atoms with van der Waals surface area (Å²) in [7, 11) is 0. The normalized spacial score (nSPS) is 11.9. The summed E-state index contributed by atoms with van der Waals surface area (Å²) in [5.41, 5.74) is 0.941. The third-order valence-corrected chi connectivity index (χ3v) is 3.56. The van der Waals surface area contributed by atoms with Gasteiger partial charge < -0.3 is 9.47 Å². The van der Waals surface area contributed by atoms with E-state index in [4.69, 9.17) is 16.3 Å². The predicted molar refractivity (Wildman–Crippen MR) is 88.1 cm³/mol. The topological polar surface area (TPSA) is 52.6 Å². The van der Waals surface area contributed by atoms with Crippen molar-refractivity contribution in [2.75, 3.05) is 0 Å². The van der Waals surface area contributed by atoms with Gasteiger partial charge in [0.05, 0.1) is 6.42 Å². The van der Waals surface area contributed by atoms with Crippen LogP contribution in [0.15, 0.2) is 48.5 Å². The zero-order chi connectivity index (χ0) is 18.4. The summed E-state index contributed by atoms with van der Waals surface area (Å²) in [5, 5.41) is 0.500. The lowest BCUT2D eigenvalue weighted by Crippen LogP contribution is -2.25. The Balaban J connectivity index is 1.90. The Morgan fingerprint density at radius 2 is 1.64 bits per heavy atom. The summed E-state index contributed by atoms with van der Waals surface area (Å²) in [5.74, 6) is -0.943. The molecule has 0 fully saturated rings. The van der Waals surface area contributed by atoms with Crippen molar-refractivity contribution in [3.8, 4) is 5.75 Å². The first-order chi connectivity index (χ1) is 11.8. The summed E-state index contributed by atoms with van der Waals surface area (Å²) in [4.78, 5) is 24.1. The van der Waals surface area contributed by atoms with Crippen molar-refractivity contribution in [1.82, 2.24) is 0 Å². The van der Waals surface area contributed by atoms with Crippen LogP contribution in [-0.2, 0) is 16.0 Å². The molecule has 1 unspecified atom stereocenters. The maximum absolute atomic E-state index is 12.2. The molecular weight excluding hydrogens is 354 g/mol. The van der Waals surface area contributed by atoms with Crippen LogP contribution in [0.25, 0.3) is 0 Å². The molecule has 0 heterocycles. The van der Waals surface area contributed by atoms with E-state index in [0.29, 0.717) is 16.1 Å². The van der Waals surface area contributed by atoms with E-state index in [1.54, 1.807) is 24.3 Å². The average Bonchev–Trinajstić information content (AvgIpc) is 2.56. The van der Waals surface area contributed by atoms with E-state index in [-0.39, 0.29) is 18.0 Å². The third-order valence-electron chi connectivity index (χ3n) is 3.30. The van der Waals surface area contributed by atoms with Crippen LogP contribution in [0.1, 0.15) is 22.8 Å². The molecule has 132 valence electrons. The molecule has 0 saturated heterocycles. The van der Waals surface area contributed by atoms with Crippen LogP contribution in [-0.4, -0.2) is 24.5 Å². The van der Waals surface area contributed by atoms with Gasteiger partial charge in [0.25, 0.3) is 0 Å². The second-order valence-electron chi connectivity index (χ2n) is 5.20. The number of ketones is 1. The molecule has 0 saturated carbocycles. The van der Waals surface area contributed by atoms with Gasteiger partial charge in [-0.3, -0.25) is 9.59 Å². The quantitative estimate of drug-likeness (QED) is 0.540. The molecule has 0 aliphatic heterocycles. The Kier molecular flexibility index (Phi) is 6.47. The van der Waals surface area contributed by atoms with Crippen molar-refractivity contribution in [3.63, 3.8) is 0 Å². The Labute approximate surface area is 148 Å². The fourth-order valence-corrected chi connectivity index (χ4v) is 2.22. The first kappa shape index (κ1) is 18.9. The van der Waals surface area contributed by atoms with Crippen molar-refractivity contribution >= 4 is 23.4 Å². The molecular formula is C18H15ClF2O4. The lowest BCUT2D eigenvalue weighted by molar-refractivity contribution is -0.145. The van der Waals surface area contributed by atoms with Gasteiger partial charge in [-0.15, -0.1) is 0 Å². The summed E-state index contributed by atoms with van der Waals surface area (Å²) < 4.78 is 33.5. The minimum absolute atomic E-state index is 0.00148. The highest BCUT2D eigenvalue weighted by Crippen LogP contribution is 2.16. The number of hydrogen-bond donors (Lipinski definition) is 0. The summed E-state index contributed by atoms with van der Waals surface area (Å²) in [6.07, 6.45) is -1.04. The van der Waals surface area contributed by atoms with Crippen LogP contribution < -0.4 is 4.74 Å². The number of hydrogen-bond acceptors (Lipinski definition) is 4. The molecule has 2 rings (SSSR count). The van der Waals surface area contributed by atoms with Gasteiger partial charge in [0.2, 0.25) is 5.78 Å². The monoisotopic (exact) mass is 368 g/mol. The van der Waals surface area contributed by atoms with Crippen LogP contribution in [0.3, 0.4) is 0 Å². The Morgan fingerprint density at radius 1 is 1.04 bits per heavy atom. The molecule has 25 heavy (non-hydrogen) atoms. The fourth-order valence-electron chi connectivity index (χ4n) is 2.10. The number of carbonyl (C=O) groups excluding carboxylic acids is 2. The smallest absolute Gasteiger partial charge is 0.387 e. The second-order valence-corrected chi connectivity index (χ2v) is 5.64. The molecule has 1 atom stereocenters. The number of halogens is 3. The highest BCUT2D eigenvalue weighted by molar-refractivity contribution is 6.30. The molecule has 0 spiro atoms. The summed E-state index contributed by atoms with van der Waals surface area (Å²) in [6, 6.07) is 11.9. The molecule has 0 aliphatic rings. The number of alkyl halides is 2. The number of Topliss-reactive ketones (excluding diaryl/α,β-unsaturated/α-hetero) is 1. The minimum Gasteiger partial charge on any atom is -0.454 e. The molecule has 0 bridgehead atoms. The molecule has 2 aromatic rings. The van der Waals surface area contributed by atoms with Gasteiger partial charge in [-0.05, 0) is 48.9 Å². The minimum atomic E-state index is -2.91. The van der Waals surface area contributed by atoms with Crippen molar-refractivity contribution in [2.45, 2.75) is 26.1 Å². The average molecular weight is 369 g/mol. The molecule has 0 radical (unpaired) electrons. The number of esters is 1. The van der Waals surface area contributed by atoms with E-state index in [9.17, 15) is 18.4 Å². The van der Waals surface area contributed by atoms with E-state index in [1.807, 2.05) is 0 Å². The Hall–Kier alpha value is -2.47. The lowest BCUT2D eigenvalue weighted by atomic mass is 10.1. The molecule has 0 aromatic heterocycles. The second kappa shape index (κ2) is 8.58.